The zero-order chi connectivity index (χ0) is 18.0. The molecule has 0 spiro atoms. The summed E-state index contributed by atoms with van der Waals surface area (Å²) in [4.78, 5) is 17.1. The van der Waals surface area contributed by atoms with Gasteiger partial charge in [0.05, 0.1) is 35.4 Å². The van der Waals surface area contributed by atoms with Gasteiger partial charge in [-0.3, -0.25) is 14.4 Å². The lowest BCUT2D eigenvalue weighted by Gasteiger charge is -2.35. The van der Waals surface area contributed by atoms with Crippen LogP contribution in [0.2, 0.25) is 0 Å². The molecular weight excluding hydrogens is 384 g/mol. The number of aryl methyl sites for hydroxylation is 1. The molecule has 0 radical (unpaired) electrons. The molecule has 3 heterocycles. The van der Waals surface area contributed by atoms with Crippen LogP contribution in [0.5, 0.6) is 0 Å². The van der Waals surface area contributed by atoms with Crippen molar-refractivity contribution in [3.63, 3.8) is 0 Å². The van der Waals surface area contributed by atoms with E-state index in [-0.39, 0.29) is 11.8 Å². The first kappa shape index (κ1) is 18.2. The lowest BCUT2D eigenvalue weighted by atomic mass is 10.1. The van der Waals surface area contributed by atoms with Gasteiger partial charge in [-0.1, -0.05) is 6.92 Å². The molecule has 1 aliphatic rings. The minimum absolute atomic E-state index is 0.0819. The predicted octanol–water partition coefficient (Wildman–Crippen LogP) is 2.84. The van der Waals surface area contributed by atoms with Crippen LogP contribution >= 0.6 is 15.9 Å². The van der Waals surface area contributed by atoms with E-state index in [1.807, 2.05) is 42.5 Å². The molecule has 0 saturated carbocycles. The summed E-state index contributed by atoms with van der Waals surface area (Å²) in [7, 11) is 0. The predicted molar refractivity (Wildman–Crippen MR) is 99.1 cm³/mol. The third-order valence-corrected chi connectivity index (χ3v) is 5.95. The Bertz CT molecular complexity index is 718. The zero-order valence-electron chi connectivity index (χ0n) is 15.0. The fourth-order valence-corrected chi connectivity index (χ4v) is 3.54. The minimum atomic E-state index is -0.0819. The van der Waals surface area contributed by atoms with Crippen molar-refractivity contribution in [3.8, 4) is 0 Å². The number of piperazine rings is 1. The van der Waals surface area contributed by atoms with Gasteiger partial charge in [0.1, 0.15) is 5.76 Å². The first-order valence-electron chi connectivity index (χ1n) is 8.68. The van der Waals surface area contributed by atoms with Crippen molar-refractivity contribution >= 4 is 21.8 Å². The number of rotatable bonds is 5. The van der Waals surface area contributed by atoms with Gasteiger partial charge in [0.2, 0.25) is 5.91 Å². The quantitative estimate of drug-likeness (QED) is 0.762. The number of halogens is 1. The molecule has 1 saturated heterocycles. The van der Waals surface area contributed by atoms with Gasteiger partial charge in [0.15, 0.2) is 0 Å². The molecule has 0 bridgehead atoms. The Morgan fingerprint density at radius 2 is 2.04 bits per heavy atom. The van der Waals surface area contributed by atoms with E-state index in [1.165, 1.54) is 0 Å². The standard InChI is InChI=1S/C18H25BrN4O2/c1-13(11-23-15(3)17(19)14(2)20-23)18(24)22-8-6-21(7-9-22)12-16-5-4-10-25-16/h4-5,10,13H,6-9,11-12H2,1-3H3. The van der Waals surface area contributed by atoms with E-state index in [4.69, 9.17) is 4.42 Å². The molecular formula is C18H25BrN4O2. The van der Waals surface area contributed by atoms with E-state index in [9.17, 15) is 4.79 Å². The topological polar surface area (TPSA) is 54.5 Å². The molecule has 0 aromatic carbocycles. The van der Waals surface area contributed by atoms with E-state index in [0.29, 0.717) is 6.54 Å². The molecule has 1 amide bonds. The summed E-state index contributed by atoms with van der Waals surface area (Å²) in [6.45, 7) is 10.7. The monoisotopic (exact) mass is 408 g/mol. The van der Waals surface area contributed by atoms with E-state index < -0.39 is 0 Å². The highest BCUT2D eigenvalue weighted by Crippen LogP contribution is 2.21. The number of hydrogen-bond donors (Lipinski definition) is 0. The van der Waals surface area contributed by atoms with Crippen molar-refractivity contribution in [1.82, 2.24) is 19.6 Å². The second-order valence-corrected chi connectivity index (χ2v) is 7.54. The number of nitrogens with zero attached hydrogens (tertiary/aromatic N) is 4. The maximum Gasteiger partial charge on any atom is 0.227 e. The van der Waals surface area contributed by atoms with Crippen molar-refractivity contribution in [2.24, 2.45) is 5.92 Å². The molecule has 1 atom stereocenters. The first-order valence-corrected chi connectivity index (χ1v) is 9.48. The second kappa shape index (κ2) is 7.74. The van der Waals surface area contributed by atoms with Gasteiger partial charge in [0, 0.05) is 31.9 Å². The van der Waals surface area contributed by atoms with Crippen LogP contribution in [0.15, 0.2) is 27.3 Å². The molecule has 7 heteroatoms. The lowest BCUT2D eigenvalue weighted by molar-refractivity contribution is -0.137. The van der Waals surface area contributed by atoms with Crippen LogP contribution in [0.4, 0.5) is 0 Å². The van der Waals surface area contributed by atoms with Crippen molar-refractivity contribution in [3.05, 3.63) is 40.0 Å². The van der Waals surface area contributed by atoms with Crippen LogP contribution < -0.4 is 0 Å². The average Bonchev–Trinajstić information content (AvgIpc) is 3.20. The maximum absolute atomic E-state index is 12.8. The highest BCUT2D eigenvalue weighted by molar-refractivity contribution is 9.10. The van der Waals surface area contributed by atoms with Crippen molar-refractivity contribution in [1.29, 1.82) is 0 Å². The Balaban J connectivity index is 1.52. The van der Waals surface area contributed by atoms with Crippen LogP contribution in [-0.2, 0) is 17.9 Å². The van der Waals surface area contributed by atoms with Crippen LogP contribution in [-0.4, -0.2) is 51.7 Å². The molecule has 0 N–H and O–H groups in total. The van der Waals surface area contributed by atoms with Gasteiger partial charge in [-0.15, -0.1) is 0 Å². The van der Waals surface area contributed by atoms with Gasteiger partial charge in [-0.05, 0) is 41.9 Å². The van der Waals surface area contributed by atoms with E-state index in [2.05, 4.69) is 25.9 Å². The Hall–Kier alpha value is -1.60. The highest BCUT2D eigenvalue weighted by atomic mass is 79.9. The van der Waals surface area contributed by atoms with Crippen LogP contribution in [0.25, 0.3) is 0 Å². The van der Waals surface area contributed by atoms with Gasteiger partial charge < -0.3 is 9.32 Å². The maximum atomic E-state index is 12.8. The van der Waals surface area contributed by atoms with Crippen molar-refractivity contribution in [2.45, 2.75) is 33.9 Å². The molecule has 2 aromatic rings. The largest absolute Gasteiger partial charge is 0.468 e. The zero-order valence-corrected chi connectivity index (χ0v) is 16.6. The van der Waals surface area contributed by atoms with E-state index in [0.717, 1.165) is 54.3 Å². The van der Waals surface area contributed by atoms with Crippen LogP contribution in [0.1, 0.15) is 24.1 Å². The third-order valence-electron chi connectivity index (χ3n) is 4.81. The number of carbonyl (C=O) groups excluding carboxylic acids is 1. The van der Waals surface area contributed by atoms with Gasteiger partial charge in [-0.2, -0.15) is 5.10 Å². The number of carbonyl (C=O) groups is 1. The summed E-state index contributed by atoms with van der Waals surface area (Å²) in [6, 6.07) is 3.90. The summed E-state index contributed by atoms with van der Waals surface area (Å²) in [6.07, 6.45) is 1.70. The molecule has 1 aliphatic heterocycles. The summed E-state index contributed by atoms with van der Waals surface area (Å²) in [5.74, 6) is 1.10. The fraction of sp³-hybridized carbons (Fsp3) is 0.556. The second-order valence-electron chi connectivity index (χ2n) is 6.75. The molecule has 136 valence electrons. The van der Waals surface area contributed by atoms with Crippen LogP contribution in [0.3, 0.4) is 0 Å². The van der Waals surface area contributed by atoms with Gasteiger partial charge in [0.25, 0.3) is 0 Å². The van der Waals surface area contributed by atoms with Crippen LogP contribution in [0, 0.1) is 19.8 Å². The Kier molecular flexibility index (Phi) is 5.64. The number of furan rings is 1. The highest BCUT2D eigenvalue weighted by Gasteiger charge is 2.26. The van der Waals surface area contributed by atoms with Gasteiger partial charge >= 0.3 is 0 Å². The van der Waals surface area contributed by atoms with Gasteiger partial charge in [-0.25, -0.2) is 0 Å². The lowest BCUT2D eigenvalue weighted by Crippen LogP contribution is -2.50. The Morgan fingerprint density at radius 3 is 2.60 bits per heavy atom. The van der Waals surface area contributed by atoms with Crippen molar-refractivity contribution < 1.29 is 9.21 Å². The molecule has 1 fully saturated rings. The molecule has 3 rings (SSSR count). The van der Waals surface area contributed by atoms with Crippen molar-refractivity contribution in [2.75, 3.05) is 26.2 Å². The fourth-order valence-electron chi connectivity index (χ4n) is 3.25. The third kappa shape index (κ3) is 4.15. The molecule has 1 unspecified atom stereocenters. The van der Waals surface area contributed by atoms with E-state index >= 15 is 0 Å². The average molecular weight is 409 g/mol. The summed E-state index contributed by atoms with van der Waals surface area (Å²) < 4.78 is 8.35. The molecule has 2 aromatic heterocycles. The number of aromatic nitrogens is 2. The molecule has 25 heavy (non-hydrogen) atoms. The Labute approximate surface area is 156 Å². The Morgan fingerprint density at radius 1 is 1.32 bits per heavy atom. The minimum Gasteiger partial charge on any atom is -0.468 e. The SMILES string of the molecule is Cc1nn(CC(C)C(=O)N2CCN(Cc3ccco3)CC2)c(C)c1Br. The molecule has 0 aliphatic carbocycles. The summed E-state index contributed by atoms with van der Waals surface area (Å²) >= 11 is 3.54. The number of hydrogen-bond acceptors (Lipinski definition) is 4. The molecule has 6 nitrogen and oxygen atoms in total. The smallest absolute Gasteiger partial charge is 0.227 e. The number of amides is 1. The summed E-state index contributed by atoms with van der Waals surface area (Å²) in [5, 5.41) is 4.51. The summed E-state index contributed by atoms with van der Waals surface area (Å²) in [5.41, 5.74) is 2.03. The first-order chi connectivity index (χ1) is 12.0. The van der Waals surface area contributed by atoms with E-state index in [1.54, 1.807) is 6.26 Å². The normalized spacial score (nSPS) is 17.0.